The van der Waals surface area contributed by atoms with Gasteiger partial charge in [-0.15, -0.1) is 0 Å². The lowest BCUT2D eigenvalue weighted by atomic mass is 9.93. The number of amides is 1. The maximum atomic E-state index is 12.0. The molecule has 0 atom stereocenters. The predicted molar refractivity (Wildman–Crippen MR) is 92.0 cm³/mol. The van der Waals surface area contributed by atoms with Crippen molar-refractivity contribution < 1.29 is 4.79 Å². The topological polar surface area (TPSA) is 75.9 Å². The maximum absolute atomic E-state index is 12.0. The second-order valence-corrected chi connectivity index (χ2v) is 6.24. The summed E-state index contributed by atoms with van der Waals surface area (Å²) in [7, 11) is 1.87. The third-order valence-electron chi connectivity index (χ3n) is 4.37. The summed E-state index contributed by atoms with van der Waals surface area (Å²) in [6.07, 6.45) is 8.89. The molecule has 2 aromatic heterocycles. The Morgan fingerprint density at radius 3 is 2.83 bits per heavy atom. The summed E-state index contributed by atoms with van der Waals surface area (Å²) >= 11 is 0. The van der Waals surface area contributed by atoms with E-state index in [1.807, 2.05) is 31.1 Å². The van der Waals surface area contributed by atoms with E-state index >= 15 is 0 Å². The predicted octanol–water partition coefficient (Wildman–Crippen LogP) is 2.46. The van der Waals surface area contributed by atoms with Crippen molar-refractivity contribution in [2.24, 2.45) is 7.05 Å². The third kappa shape index (κ3) is 3.90. The Labute approximate surface area is 142 Å². The average Bonchev–Trinajstić information content (AvgIpc) is 3.00. The number of piperidine rings is 1. The van der Waals surface area contributed by atoms with Crippen molar-refractivity contribution in [3.8, 4) is 0 Å². The van der Waals surface area contributed by atoms with Gasteiger partial charge < -0.3 is 10.2 Å². The molecule has 0 bridgehead atoms. The molecule has 2 aromatic rings. The van der Waals surface area contributed by atoms with Gasteiger partial charge >= 0.3 is 0 Å². The quantitative estimate of drug-likeness (QED) is 0.912. The molecule has 1 aliphatic heterocycles. The Kier molecular flexibility index (Phi) is 5.08. The first-order chi connectivity index (χ1) is 11.7. The molecule has 0 radical (unpaired) electrons. The summed E-state index contributed by atoms with van der Waals surface area (Å²) in [5.74, 6) is 1.25. The van der Waals surface area contributed by atoms with Crippen LogP contribution >= 0.6 is 0 Å². The molecule has 0 saturated carbocycles. The van der Waals surface area contributed by atoms with E-state index in [2.05, 4.69) is 20.4 Å². The third-order valence-corrected chi connectivity index (χ3v) is 4.37. The van der Waals surface area contributed by atoms with Crippen molar-refractivity contribution in [1.29, 1.82) is 0 Å². The van der Waals surface area contributed by atoms with Crippen LogP contribution < -0.4 is 5.32 Å². The lowest BCUT2D eigenvalue weighted by Gasteiger charge is -2.31. The summed E-state index contributed by atoms with van der Waals surface area (Å²) < 4.78 is 1.73. The van der Waals surface area contributed by atoms with Gasteiger partial charge in [0.2, 0.25) is 11.9 Å². The Balaban J connectivity index is 1.61. The summed E-state index contributed by atoms with van der Waals surface area (Å²) in [5, 5.41) is 7.30. The number of likely N-dealkylation sites (tertiary alicyclic amines) is 1. The molecule has 0 aliphatic carbocycles. The van der Waals surface area contributed by atoms with E-state index < -0.39 is 0 Å². The monoisotopic (exact) mass is 328 g/mol. The van der Waals surface area contributed by atoms with Crippen LogP contribution in [-0.4, -0.2) is 43.6 Å². The van der Waals surface area contributed by atoms with Crippen LogP contribution in [0.2, 0.25) is 0 Å². The molecule has 1 aliphatic rings. The highest BCUT2D eigenvalue weighted by Crippen LogP contribution is 2.27. The molecule has 24 heavy (non-hydrogen) atoms. The Morgan fingerprint density at radius 2 is 2.17 bits per heavy atom. The first kappa shape index (κ1) is 16.4. The van der Waals surface area contributed by atoms with Gasteiger partial charge in [0.05, 0.1) is 11.9 Å². The smallest absolute Gasteiger partial charge is 0.227 e. The van der Waals surface area contributed by atoms with E-state index in [0.29, 0.717) is 18.3 Å². The highest BCUT2D eigenvalue weighted by Gasteiger charge is 2.24. The summed E-state index contributed by atoms with van der Waals surface area (Å²) in [5.41, 5.74) is 1.91. The van der Waals surface area contributed by atoms with Gasteiger partial charge in [0.25, 0.3) is 0 Å². The number of nitrogens with one attached hydrogen (secondary N) is 1. The summed E-state index contributed by atoms with van der Waals surface area (Å²) in [6.45, 7) is 3.68. The lowest BCUT2D eigenvalue weighted by molar-refractivity contribution is -0.132. The van der Waals surface area contributed by atoms with E-state index in [4.69, 9.17) is 0 Å². The zero-order valence-electron chi connectivity index (χ0n) is 14.3. The SMILES string of the molecule is CCCC(=O)N1CCC(c2ccnc(Nc3cnn(C)c3)n2)CC1. The van der Waals surface area contributed by atoms with Crippen LogP contribution in [0.4, 0.5) is 11.6 Å². The second-order valence-electron chi connectivity index (χ2n) is 6.24. The molecule has 0 aromatic carbocycles. The van der Waals surface area contributed by atoms with Crippen LogP contribution in [0.15, 0.2) is 24.7 Å². The van der Waals surface area contributed by atoms with Crippen molar-refractivity contribution in [3.63, 3.8) is 0 Å². The van der Waals surface area contributed by atoms with Crippen molar-refractivity contribution in [2.45, 2.75) is 38.5 Å². The van der Waals surface area contributed by atoms with Gasteiger partial charge in [0.15, 0.2) is 0 Å². The molecule has 0 unspecified atom stereocenters. The van der Waals surface area contributed by atoms with Gasteiger partial charge in [-0.2, -0.15) is 5.10 Å². The Bertz CT molecular complexity index is 690. The van der Waals surface area contributed by atoms with E-state index in [1.54, 1.807) is 17.1 Å². The second kappa shape index (κ2) is 7.42. The van der Waals surface area contributed by atoms with E-state index in [9.17, 15) is 4.79 Å². The number of carbonyl (C=O) groups excluding carboxylic acids is 1. The summed E-state index contributed by atoms with van der Waals surface area (Å²) in [4.78, 5) is 22.9. The van der Waals surface area contributed by atoms with E-state index in [1.165, 1.54) is 0 Å². The highest BCUT2D eigenvalue weighted by atomic mass is 16.2. The number of nitrogens with zero attached hydrogens (tertiary/aromatic N) is 5. The van der Waals surface area contributed by atoms with Crippen LogP contribution in [0.1, 0.15) is 44.2 Å². The van der Waals surface area contributed by atoms with Crippen molar-refractivity contribution in [3.05, 3.63) is 30.4 Å². The minimum absolute atomic E-state index is 0.276. The molecule has 7 nitrogen and oxygen atoms in total. The standard InChI is InChI=1S/C17H24N6O/c1-3-4-16(24)23-9-6-13(7-10-23)15-5-8-18-17(21-15)20-14-11-19-22(2)12-14/h5,8,11-13H,3-4,6-7,9-10H2,1-2H3,(H,18,20,21). The van der Waals surface area contributed by atoms with Gasteiger partial charge in [-0.1, -0.05) is 6.92 Å². The van der Waals surface area contributed by atoms with Crippen LogP contribution in [0.25, 0.3) is 0 Å². The highest BCUT2D eigenvalue weighted by molar-refractivity contribution is 5.76. The maximum Gasteiger partial charge on any atom is 0.227 e. The molecule has 7 heteroatoms. The Morgan fingerprint density at radius 1 is 1.38 bits per heavy atom. The number of aromatic nitrogens is 4. The van der Waals surface area contributed by atoms with Gasteiger partial charge in [0.1, 0.15) is 0 Å². The fourth-order valence-corrected chi connectivity index (χ4v) is 3.07. The molecular formula is C17H24N6O. The average molecular weight is 328 g/mol. The Hall–Kier alpha value is -2.44. The van der Waals surface area contributed by atoms with Gasteiger partial charge in [-0.25, -0.2) is 9.97 Å². The van der Waals surface area contributed by atoms with Crippen molar-refractivity contribution in [2.75, 3.05) is 18.4 Å². The van der Waals surface area contributed by atoms with Crippen LogP contribution in [0.5, 0.6) is 0 Å². The zero-order valence-corrected chi connectivity index (χ0v) is 14.3. The van der Waals surface area contributed by atoms with Crippen LogP contribution in [0.3, 0.4) is 0 Å². The van der Waals surface area contributed by atoms with E-state index in [-0.39, 0.29) is 5.91 Å². The van der Waals surface area contributed by atoms with Crippen LogP contribution in [0, 0.1) is 0 Å². The summed E-state index contributed by atoms with van der Waals surface area (Å²) in [6, 6.07) is 1.97. The molecular weight excluding hydrogens is 304 g/mol. The van der Waals surface area contributed by atoms with Crippen LogP contribution in [-0.2, 0) is 11.8 Å². The number of aryl methyl sites for hydroxylation is 1. The first-order valence-corrected chi connectivity index (χ1v) is 8.52. The van der Waals surface area contributed by atoms with E-state index in [0.717, 1.165) is 43.7 Å². The number of anilines is 2. The number of rotatable bonds is 5. The van der Waals surface area contributed by atoms with Gasteiger partial charge in [0, 0.05) is 50.6 Å². The van der Waals surface area contributed by atoms with Gasteiger partial charge in [-0.05, 0) is 25.3 Å². The molecule has 1 fully saturated rings. The number of carbonyl (C=O) groups is 1. The normalized spacial score (nSPS) is 15.5. The molecule has 3 rings (SSSR count). The van der Waals surface area contributed by atoms with Crippen molar-refractivity contribution in [1.82, 2.24) is 24.6 Å². The molecule has 128 valence electrons. The van der Waals surface area contributed by atoms with Crippen molar-refractivity contribution >= 4 is 17.5 Å². The number of hydrogen-bond donors (Lipinski definition) is 1. The minimum atomic E-state index is 0.276. The fraction of sp³-hybridized carbons (Fsp3) is 0.529. The molecule has 0 spiro atoms. The lowest BCUT2D eigenvalue weighted by Crippen LogP contribution is -2.37. The first-order valence-electron chi connectivity index (χ1n) is 8.52. The molecule has 1 saturated heterocycles. The largest absolute Gasteiger partial charge is 0.343 e. The molecule has 1 N–H and O–H groups in total. The fourth-order valence-electron chi connectivity index (χ4n) is 3.07. The molecule has 3 heterocycles. The minimum Gasteiger partial charge on any atom is -0.343 e. The molecule has 1 amide bonds. The van der Waals surface area contributed by atoms with Gasteiger partial charge in [-0.3, -0.25) is 9.48 Å². The number of hydrogen-bond acceptors (Lipinski definition) is 5. The zero-order chi connectivity index (χ0) is 16.9.